The number of unbranched alkanes of at least 4 members (excludes halogenated alkanes) is 41. The summed E-state index contributed by atoms with van der Waals surface area (Å²) in [6.45, 7) is 6.54. The molecular formula is C68H124O6. The largest absolute Gasteiger partial charge is 0.462 e. The fourth-order valence-corrected chi connectivity index (χ4v) is 9.73. The molecule has 1 atom stereocenters. The Morgan fingerprint density at radius 1 is 0.284 bits per heavy atom. The van der Waals surface area contributed by atoms with E-state index in [0.29, 0.717) is 19.3 Å². The third kappa shape index (κ3) is 60.2. The van der Waals surface area contributed by atoms with E-state index in [1.54, 1.807) is 0 Å². The van der Waals surface area contributed by atoms with Crippen LogP contribution in [0.4, 0.5) is 0 Å². The van der Waals surface area contributed by atoms with E-state index in [0.717, 1.165) is 83.5 Å². The van der Waals surface area contributed by atoms with Gasteiger partial charge in [0.2, 0.25) is 0 Å². The summed E-state index contributed by atoms with van der Waals surface area (Å²) in [4.78, 5) is 38.0. The quantitative estimate of drug-likeness (QED) is 0.0261. The van der Waals surface area contributed by atoms with Crippen molar-refractivity contribution in [2.75, 3.05) is 13.2 Å². The van der Waals surface area contributed by atoms with Gasteiger partial charge in [-0.2, -0.15) is 0 Å². The van der Waals surface area contributed by atoms with Crippen LogP contribution in [0.5, 0.6) is 0 Å². The van der Waals surface area contributed by atoms with Crippen LogP contribution >= 0.6 is 0 Å². The van der Waals surface area contributed by atoms with Crippen LogP contribution in [-0.4, -0.2) is 37.2 Å². The van der Waals surface area contributed by atoms with Gasteiger partial charge in [-0.05, 0) is 57.8 Å². The van der Waals surface area contributed by atoms with Gasteiger partial charge in [0.1, 0.15) is 13.2 Å². The Hall–Kier alpha value is -2.63. The monoisotopic (exact) mass is 1040 g/mol. The van der Waals surface area contributed by atoms with E-state index < -0.39 is 6.10 Å². The van der Waals surface area contributed by atoms with E-state index in [1.165, 1.54) is 225 Å². The second kappa shape index (κ2) is 62.9. The Balaban J connectivity index is 3.96. The van der Waals surface area contributed by atoms with E-state index in [9.17, 15) is 14.4 Å². The minimum absolute atomic E-state index is 0.0659. The molecule has 0 aliphatic heterocycles. The molecule has 0 saturated carbocycles. The minimum atomic E-state index is -0.765. The van der Waals surface area contributed by atoms with Gasteiger partial charge in [0.25, 0.3) is 0 Å². The van der Waals surface area contributed by atoms with Crippen LogP contribution < -0.4 is 0 Å². The topological polar surface area (TPSA) is 78.9 Å². The van der Waals surface area contributed by atoms with Crippen molar-refractivity contribution in [2.24, 2.45) is 0 Å². The lowest BCUT2D eigenvalue weighted by Crippen LogP contribution is -2.30. The Morgan fingerprint density at radius 2 is 0.527 bits per heavy atom. The van der Waals surface area contributed by atoms with E-state index in [1.807, 2.05) is 0 Å². The standard InChI is InChI=1S/C68H124O6/c1-4-7-10-13-16-18-20-22-24-26-27-28-29-30-31-32-33-34-35-36-37-38-39-40-41-42-44-45-47-49-52-55-58-61-67(70)73-64-65(63-72-66(69)60-57-54-51-15-12-9-6-3)74-68(71)62-59-56-53-50-48-46-43-25-23-21-19-17-14-11-8-5-2/h7,10,16,18,22,24,27-28,65H,4-6,8-9,11-15,17,19-21,23,25-26,29-64H2,1-3H3/b10-7-,18-16-,24-22-,28-27-. The molecule has 0 spiro atoms. The predicted molar refractivity (Wildman–Crippen MR) is 321 cm³/mol. The molecule has 0 aliphatic rings. The fourth-order valence-electron chi connectivity index (χ4n) is 9.73. The number of carbonyl (C=O) groups excluding carboxylic acids is 3. The molecule has 0 aromatic heterocycles. The minimum Gasteiger partial charge on any atom is -0.462 e. The van der Waals surface area contributed by atoms with Crippen LogP contribution in [0.3, 0.4) is 0 Å². The summed E-state index contributed by atoms with van der Waals surface area (Å²) < 4.78 is 16.8. The molecule has 6 nitrogen and oxygen atoms in total. The highest BCUT2D eigenvalue weighted by Gasteiger charge is 2.19. The maximum atomic E-state index is 12.8. The zero-order valence-electron chi connectivity index (χ0n) is 49.6. The molecule has 6 heteroatoms. The van der Waals surface area contributed by atoms with E-state index >= 15 is 0 Å². The Bertz CT molecular complexity index is 1280. The first-order valence-corrected chi connectivity index (χ1v) is 32.6. The maximum absolute atomic E-state index is 12.8. The lowest BCUT2D eigenvalue weighted by molar-refractivity contribution is -0.167. The number of hydrogen-bond donors (Lipinski definition) is 0. The summed E-state index contributed by atoms with van der Waals surface area (Å²) in [5.74, 6) is -0.850. The van der Waals surface area contributed by atoms with Gasteiger partial charge in [-0.1, -0.05) is 320 Å². The molecule has 0 amide bonds. The molecule has 0 heterocycles. The molecule has 432 valence electrons. The first kappa shape index (κ1) is 71.4. The normalized spacial score (nSPS) is 12.3. The lowest BCUT2D eigenvalue weighted by Gasteiger charge is -2.18. The van der Waals surface area contributed by atoms with E-state index in [4.69, 9.17) is 14.2 Å². The van der Waals surface area contributed by atoms with Crippen LogP contribution in [0.15, 0.2) is 48.6 Å². The molecular weight excluding hydrogens is 913 g/mol. The van der Waals surface area contributed by atoms with Gasteiger partial charge < -0.3 is 14.2 Å². The molecule has 0 radical (unpaired) electrons. The van der Waals surface area contributed by atoms with Crippen molar-refractivity contribution in [2.45, 2.75) is 354 Å². The van der Waals surface area contributed by atoms with Crippen molar-refractivity contribution in [3.63, 3.8) is 0 Å². The first-order chi connectivity index (χ1) is 36.5. The van der Waals surface area contributed by atoms with Crippen molar-refractivity contribution >= 4 is 17.9 Å². The van der Waals surface area contributed by atoms with E-state index in [2.05, 4.69) is 69.4 Å². The van der Waals surface area contributed by atoms with E-state index in [-0.39, 0.29) is 31.1 Å². The summed E-state index contributed by atoms with van der Waals surface area (Å²) in [6.07, 6.45) is 78.8. The summed E-state index contributed by atoms with van der Waals surface area (Å²) in [5, 5.41) is 0. The van der Waals surface area contributed by atoms with Crippen molar-refractivity contribution in [1.82, 2.24) is 0 Å². The van der Waals surface area contributed by atoms with Crippen molar-refractivity contribution in [3.05, 3.63) is 48.6 Å². The molecule has 0 rings (SSSR count). The zero-order valence-corrected chi connectivity index (χ0v) is 49.6. The van der Waals surface area contributed by atoms with Crippen LogP contribution in [0.1, 0.15) is 348 Å². The van der Waals surface area contributed by atoms with Crippen molar-refractivity contribution < 1.29 is 28.6 Å². The Kier molecular flexibility index (Phi) is 60.7. The molecule has 0 aromatic rings. The van der Waals surface area contributed by atoms with Crippen LogP contribution in [-0.2, 0) is 28.6 Å². The van der Waals surface area contributed by atoms with Crippen molar-refractivity contribution in [3.8, 4) is 0 Å². The molecule has 0 aromatic carbocycles. The van der Waals surface area contributed by atoms with Gasteiger partial charge in [0.05, 0.1) is 0 Å². The molecule has 1 unspecified atom stereocenters. The van der Waals surface area contributed by atoms with Crippen LogP contribution in [0.25, 0.3) is 0 Å². The number of ether oxygens (including phenoxy) is 3. The summed E-state index contributed by atoms with van der Waals surface area (Å²) in [5.41, 5.74) is 0. The fraction of sp³-hybridized carbons (Fsp3) is 0.838. The van der Waals surface area contributed by atoms with Gasteiger partial charge in [-0.3, -0.25) is 14.4 Å². The zero-order chi connectivity index (χ0) is 53.6. The average molecular weight is 1040 g/mol. The Labute approximate surface area is 460 Å². The number of allylic oxidation sites excluding steroid dienone is 8. The van der Waals surface area contributed by atoms with Gasteiger partial charge in [0, 0.05) is 19.3 Å². The highest BCUT2D eigenvalue weighted by molar-refractivity contribution is 5.71. The molecule has 74 heavy (non-hydrogen) atoms. The number of esters is 3. The molecule has 0 bridgehead atoms. The number of hydrogen-bond acceptors (Lipinski definition) is 6. The SMILES string of the molecule is CC/C=C\C/C=C\C/C=C\C/C=C\CCCCCCCCCCCCCCCCCCCCCCC(=O)OCC(COC(=O)CCCCCCCCC)OC(=O)CCCCCCCCCCCCCCCCCC. The van der Waals surface area contributed by atoms with Crippen LogP contribution in [0.2, 0.25) is 0 Å². The average Bonchev–Trinajstić information content (AvgIpc) is 3.40. The van der Waals surface area contributed by atoms with Gasteiger partial charge in [0.15, 0.2) is 6.10 Å². The predicted octanol–water partition coefficient (Wildman–Crippen LogP) is 22.2. The number of rotatable bonds is 60. The van der Waals surface area contributed by atoms with Crippen LogP contribution in [0, 0.1) is 0 Å². The van der Waals surface area contributed by atoms with Gasteiger partial charge in [-0.15, -0.1) is 0 Å². The van der Waals surface area contributed by atoms with Gasteiger partial charge >= 0.3 is 17.9 Å². The molecule has 0 saturated heterocycles. The summed E-state index contributed by atoms with van der Waals surface area (Å²) in [7, 11) is 0. The lowest BCUT2D eigenvalue weighted by atomic mass is 10.0. The van der Waals surface area contributed by atoms with Crippen molar-refractivity contribution in [1.29, 1.82) is 0 Å². The number of carbonyl (C=O) groups is 3. The molecule has 0 N–H and O–H groups in total. The summed E-state index contributed by atoms with van der Waals surface area (Å²) >= 11 is 0. The third-order valence-electron chi connectivity index (χ3n) is 14.6. The molecule has 0 fully saturated rings. The highest BCUT2D eigenvalue weighted by Crippen LogP contribution is 2.18. The second-order valence-electron chi connectivity index (χ2n) is 22.0. The highest BCUT2D eigenvalue weighted by atomic mass is 16.6. The Morgan fingerprint density at radius 3 is 0.824 bits per heavy atom. The first-order valence-electron chi connectivity index (χ1n) is 32.6. The summed E-state index contributed by atoms with van der Waals surface area (Å²) in [6, 6.07) is 0. The van der Waals surface area contributed by atoms with Gasteiger partial charge in [-0.25, -0.2) is 0 Å². The third-order valence-corrected chi connectivity index (χ3v) is 14.6. The maximum Gasteiger partial charge on any atom is 0.306 e. The smallest absolute Gasteiger partial charge is 0.306 e. The second-order valence-corrected chi connectivity index (χ2v) is 22.0. The molecule has 0 aliphatic carbocycles.